The minimum Gasteiger partial charge on any atom is -0.349 e. The summed E-state index contributed by atoms with van der Waals surface area (Å²) >= 11 is 2.27. The molecular weight excluding hydrogens is 357 g/mol. The molecule has 2 rings (SSSR count). The Morgan fingerprint density at radius 1 is 1.37 bits per heavy atom. The molecule has 1 heterocycles. The van der Waals surface area contributed by atoms with Gasteiger partial charge in [0.2, 0.25) is 5.91 Å². The number of rotatable bonds is 5. The van der Waals surface area contributed by atoms with Gasteiger partial charge in [0.25, 0.3) is 0 Å². The standard InChI is InChI=1S/C12H14IN5O/c13-10-3-1-9(2-4-10)7-18-8-11(16-17-18)6-15-12(19)5-14/h1-4,8H,5-7,14H2,(H,15,19). The summed E-state index contributed by atoms with van der Waals surface area (Å²) in [4.78, 5) is 11.0. The van der Waals surface area contributed by atoms with E-state index in [2.05, 4.69) is 62.5 Å². The van der Waals surface area contributed by atoms with Crippen molar-refractivity contribution in [3.8, 4) is 0 Å². The van der Waals surface area contributed by atoms with E-state index in [9.17, 15) is 4.79 Å². The molecular formula is C12H14IN5O. The number of nitrogens with one attached hydrogen (secondary N) is 1. The largest absolute Gasteiger partial charge is 0.349 e. The topological polar surface area (TPSA) is 85.8 Å². The summed E-state index contributed by atoms with van der Waals surface area (Å²) in [5, 5.41) is 10.7. The fourth-order valence-corrected chi connectivity index (χ4v) is 1.89. The van der Waals surface area contributed by atoms with Crippen LogP contribution in [-0.2, 0) is 17.9 Å². The Bertz CT molecular complexity index is 552. The van der Waals surface area contributed by atoms with Gasteiger partial charge in [0.15, 0.2) is 0 Å². The molecule has 1 aromatic carbocycles. The molecule has 100 valence electrons. The van der Waals surface area contributed by atoms with Crippen LogP contribution < -0.4 is 11.1 Å². The second-order valence-electron chi connectivity index (χ2n) is 4.01. The minimum absolute atomic E-state index is 0.0171. The van der Waals surface area contributed by atoms with Crippen LogP contribution in [0.2, 0.25) is 0 Å². The van der Waals surface area contributed by atoms with Gasteiger partial charge in [-0.05, 0) is 40.3 Å². The maximum atomic E-state index is 11.0. The number of carbonyl (C=O) groups excluding carboxylic acids is 1. The van der Waals surface area contributed by atoms with E-state index in [1.54, 1.807) is 4.68 Å². The van der Waals surface area contributed by atoms with Gasteiger partial charge in [0.05, 0.1) is 25.8 Å². The van der Waals surface area contributed by atoms with Crippen LogP contribution in [0.5, 0.6) is 0 Å². The molecule has 1 amide bonds. The third-order valence-corrected chi connectivity index (χ3v) is 3.22. The zero-order valence-electron chi connectivity index (χ0n) is 10.2. The molecule has 19 heavy (non-hydrogen) atoms. The summed E-state index contributed by atoms with van der Waals surface area (Å²) in [6.45, 7) is 0.994. The average molecular weight is 371 g/mol. The quantitative estimate of drug-likeness (QED) is 0.750. The first kappa shape index (κ1) is 13.9. The Morgan fingerprint density at radius 3 is 2.79 bits per heavy atom. The van der Waals surface area contributed by atoms with Crippen LogP contribution in [-0.4, -0.2) is 27.4 Å². The van der Waals surface area contributed by atoms with Gasteiger partial charge in [0, 0.05) is 3.57 Å². The fraction of sp³-hybridized carbons (Fsp3) is 0.250. The molecule has 0 atom stereocenters. The van der Waals surface area contributed by atoms with Gasteiger partial charge in [-0.25, -0.2) is 4.68 Å². The number of amides is 1. The highest BCUT2D eigenvalue weighted by atomic mass is 127. The first-order valence-electron chi connectivity index (χ1n) is 5.77. The molecule has 7 heteroatoms. The maximum absolute atomic E-state index is 11.0. The second kappa shape index (κ2) is 6.62. The Morgan fingerprint density at radius 2 is 2.11 bits per heavy atom. The highest BCUT2D eigenvalue weighted by Gasteiger charge is 2.03. The van der Waals surface area contributed by atoms with Gasteiger partial charge in [-0.15, -0.1) is 5.10 Å². The number of hydrogen-bond acceptors (Lipinski definition) is 4. The minimum atomic E-state index is -0.202. The average Bonchev–Trinajstić information content (AvgIpc) is 2.86. The van der Waals surface area contributed by atoms with E-state index in [4.69, 9.17) is 5.73 Å². The highest BCUT2D eigenvalue weighted by Crippen LogP contribution is 2.08. The SMILES string of the molecule is NCC(=O)NCc1cn(Cc2ccc(I)cc2)nn1. The van der Waals surface area contributed by atoms with E-state index in [-0.39, 0.29) is 12.5 Å². The number of halogens is 1. The number of hydrogen-bond donors (Lipinski definition) is 2. The zero-order valence-corrected chi connectivity index (χ0v) is 12.4. The van der Waals surface area contributed by atoms with Crippen LogP contribution in [0.4, 0.5) is 0 Å². The zero-order chi connectivity index (χ0) is 13.7. The van der Waals surface area contributed by atoms with E-state index in [1.165, 1.54) is 3.57 Å². The molecule has 2 aromatic rings. The monoisotopic (exact) mass is 371 g/mol. The van der Waals surface area contributed by atoms with Crippen molar-refractivity contribution in [1.29, 1.82) is 0 Å². The predicted octanol–water partition coefficient (Wildman–Crippen LogP) is 0.506. The van der Waals surface area contributed by atoms with Crippen LogP contribution >= 0.6 is 22.6 Å². The lowest BCUT2D eigenvalue weighted by Crippen LogP contribution is -2.29. The maximum Gasteiger partial charge on any atom is 0.234 e. The van der Waals surface area contributed by atoms with E-state index in [0.717, 1.165) is 5.56 Å². The normalized spacial score (nSPS) is 10.4. The number of carbonyl (C=O) groups is 1. The molecule has 0 aliphatic rings. The molecule has 0 aliphatic heterocycles. The van der Waals surface area contributed by atoms with E-state index >= 15 is 0 Å². The summed E-state index contributed by atoms with van der Waals surface area (Å²) < 4.78 is 2.94. The van der Waals surface area contributed by atoms with Crippen molar-refractivity contribution in [3.63, 3.8) is 0 Å². The van der Waals surface area contributed by atoms with Crippen LogP contribution in [0.15, 0.2) is 30.5 Å². The van der Waals surface area contributed by atoms with E-state index < -0.39 is 0 Å². The van der Waals surface area contributed by atoms with Crippen LogP contribution in [0.1, 0.15) is 11.3 Å². The number of nitrogens with two attached hydrogens (primary N) is 1. The van der Waals surface area contributed by atoms with Crippen molar-refractivity contribution in [3.05, 3.63) is 45.3 Å². The summed E-state index contributed by atoms with van der Waals surface area (Å²) in [7, 11) is 0. The second-order valence-corrected chi connectivity index (χ2v) is 5.26. The summed E-state index contributed by atoms with van der Waals surface area (Å²) in [6.07, 6.45) is 1.81. The van der Waals surface area contributed by atoms with Crippen LogP contribution in [0.3, 0.4) is 0 Å². The summed E-state index contributed by atoms with van der Waals surface area (Å²) in [5.74, 6) is -0.202. The molecule has 1 aromatic heterocycles. The van der Waals surface area contributed by atoms with Crippen molar-refractivity contribution < 1.29 is 4.79 Å². The molecule has 0 unspecified atom stereocenters. The predicted molar refractivity (Wildman–Crippen MR) is 79.2 cm³/mol. The highest BCUT2D eigenvalue weighted by molar-refractivity contribution is 14.1. The Balaban J connectivity index is 1.93. The molecule has 3 N–H and O–H groups in total. The fourth-order valence-electron chi connectivity index (χ4n) is 1.53. The van der Waals surface area contributed by atoms with Crippen molar-refractivity contribution in [2.24, 2.45) is 5.73 Å². The third kappa shape index (κ3) is 4.28. The molecule has 0 fully saturated rings. The van der Waals surface area contributed by atoms with Crippen LogP contribution in [0, 0.1) is 3.57 Å². The molecule has 0 saturated heterocycles. The Kier molecular flexibility index (Phi) is 4.86. The Labute approximate surface area is 124 Å². The van der Waals surface area contributed by atoms with Gasteiger partial charge >= 0.3 is 0 Å². The van der Waals surface area contributed by atoms with Gasteiger partial charge < -0.3 is 11.1 Å². The lowest BCUT2D eigenvalue weighted by molar-refractivity contribution is -0.119. The van der Waals surface area contributed by atoms with Crippen molar-refractivity contribution in [2.75, 3.05) is 6.54 Å². The van der Waals surface area contributed by atoms with Crippen molar-refractivity contribution in [1.82, 2.24) is 20.3 Å². The lowest BCUT2D eigenvalue weighted by Gasteiger charge is -2.01. The van der Waals surface area contributed by atoms with Crippen molar-refractivity contribution in [2.45, 2.75) is 13.1 Å². The molecule has 0 aliphatic carbocycles. The molecule has 6 nitrogen and oxygen atoms in total. The smallest absolute Gasteiger partial charge is 0.234 e. The first-order chi connectivity index (χ1) is 9.17. The number of benzene rings is 1. The molecule has 0 spiro atoms. The molecule has 0 saturated carbocycles. The van der Waals surface area contributed by atoms with Gasteiger partial charge in [-0.1, -0.05) is 17.3 Å². The third-order valence-electron chi connectivity index (χ3n) is 2.50. The van der Waals surface area contributed by atoms with Gasteiger partial charge in [0.1, 0.15) is 5.69 Å². The first-order valence-corrected chi connectivity index (χ1v) is 6.85. The van der Waals surface area contributed by atoms with Crippen molar-refractivity contribution >= 4 is 28.5 Å². The summed E-state index contributed by atoms with van der Waals surface area (Å²) in [6, 6.07) is 8.21. The van der Waals surface area contributed by atoms with E-state index in [0.29, 0.717) is 18.8 Å². The molecule has 0 radical (unpaired) electrons. The number of nitrogens with zero attached hydrogens (tertiary/aromatic N) is 3. The lowest BCUT2D eigenvalue weighted by atomic mass is 10.2. The van der Waals surface area contributed by atoms with Crippen LogP contribution in [0.25, 0.3) is 0 Å². The van der Waals surface area contributed by atoms with Gasteiger partial charge in [-0.2, -0.15) is 0 Å². The number of aromatic nitrogens is 3. The Hall–Kier alpha value is -1.48. The van der Waals surface area contributed by atoms with E-state index in [1.807, 2.05) is 6.20 Å². The van der Waals surface area contributed by atoms with Gasteiger partial charge in [-0.3, -0.25) is 4.79 Å². The molecule has 0 bridgehead atoms. The summed E-state index contributed by atoms with van der Waals surface area (Å²) in [5.41, 5.74) is 7.07.